The molecule has 0 aliphatic carbocycles. The molecule has 0 aliphatic heterocycles. The minimum atomic E-state index is -1.14. The number of halogens is 1. The smallest absolute Gasteiger partial charge is 0.309 e. The second kappa shape index (κ2) is 5.82. The van der Waals surface area contributed by atoms with Crippen LogP contribution < -0.4 is 5.32 Å². The van der Waals surface area contributed by atoms with E-state index in [-0.39, 0.29) is 6.42 Å². The molecule has 5 heteroatoms. The average molecular weight is 267 g/mol. The normalized spacial score (nSPS) is 12.8. The van der Waals surface area contributed by atoms with E-state index >= 15 is 0 Å². The van der Waals surface area contributed by atoms with Crippen LogP contribution >= 0.6 is 0 Å². The first-order valence-electron chi connectivity index (χ1n) is 6.01. The predicted molar refractivity (Wildman–Crippen MR) is 69.0 cm³/mol. The first-order chi connectivity index (χ1) is 8.74. The van der Waals surface area contributed by atoms with E-state index in [0.717, 1.165) is 0 Å². The fraction of sp³-hybridized carbons (Fsp3) is 0.429. The highest BCUT2D eigenvalue weighted by Crippen LogP contribution is 2.22. The Kier molecular flexibility index (Phi) is 4.64. The third-order valence-corrected chi connectivity index (χ3v) is 2.93. The molecule has 2 N–H and O–H groups in total. The molecule has 0 radical (unpaired) electrons. The van der Waals surface area contributed by atoms with Crippen molar-refractivity contribution in [3.05, 3.63) is 35.6 Å². The Hall–Kier alpha value is -1.91. The number of amides is 1. The standard InChI is InChI=1S/C14H18FNO3/c1-9(10-6-4-5-7-11(10)15)16-12(17)8-14(2,3)13(18)19/h4-7,9H,8H2,1-3H3,(H,16,17)(H,18,19)/t9-/m0/s1. The molecule has 1 rings (SSSR count). The van der Waals surface area contributed by atoms with Gasteiger partial charge in [-0.05, 0) is 26.8 Å². The highest BCUT2D eigenvalue weighted by Gasteiger charge is 2.30. The van der Waals surface area contributed by atoms with Crippen LogP contribution in [0.25, 0.3) is 0 Å². The summed E-state index contributed by atoms with van der Waals surface area (Å²) in [6.07, 6.45) is -0.152. The van der Waals surface area contributed by atoms with Gasteiger partial charge in [-0.1, -0.05) is 18.2 Å². The van der Waals surface area contributed by atoms with Crippen LogP contribution in [0.1, 0.15) is 38.8 Å². The Morgan fingerprint density at radius 3 is 2.47 bits per heavy atom. The van der Waals surface area contributed by atoms with Crippen molar-refractivity contribution in [1.82, 2.24) is 5.32 Å². The van der Waals surface area contributed by atoms with Gasteiger partial charge in [0.1, 0.15) is 5.82 Å². The Labute approximate surface area is 111 Å². The van der Waals surface area contributed by atoms with Crippen LogP contribution in [0, 0.1) is 11.2 Å². The van der Waals surface area contributed by atoms with Crippen LogP contribution in [0.4, 0.5) is 4.39 Å². The van der Waals surface area contributed by atoms with Crippen molar-refractivity contribution in [2.24, 2.45) is 5.41 Å². The number of rotatable bonds is 5. The Morgan fingerprint density at radius 2 is 1.95 bits per heavy atom. The molecule has 104 valence electrons. The number of aliphatic carboxylic acids is 1. The Balaban J connectivity index is 2.68. The first-order valence-corrected chi connectivity index (χ1v) is 6.01. The Morgan fingerprint density at radius 1 is 1.37 bits per heavy atom. The van der Waals surface area contributed by atoms with Crippen LogP contribution in [0.2, 0.25) is 0 Å². The number of hydrogen-bond acceptors (Lipinski definition) is 2. The van der Waals surface area contributed by atoms with Gasteiger partial charge >= 0.3 is 5.97 Å². The molecular formula is C14H18FNO3. The minimum absolute atomic E-state index is 0.152. The summed E-state index contributed by atoms with van der Waals surface area (Å²) in [6, 6.07) is 5.66. The predicted octanol–water partition coefficient (Wildman–Crippen LogP) is 2.50. The van der Waals surface area contributed by atoms with Gasteiger partial charge < -0.3 is 10.4 Å². The highest BCUT2D eigenvalue weighted by molar-refractivity contribution is 5.84. The number of hydrogen-bond donors (Lipinski definition) is 2. The van der Waals surface area contributed by atoms with Crippen LogP contribution in [-0.2, 0) is 9.59 Å². The molecule has 19 heavy (non-hydrogen) atoms. The lowest BCUT2D eigenvalue weighted by atomic mass is 9.89. The zero-order valence-electron chi connectivity index (χ0n) is 11.2. The van der Waals surface area contributed by atoms with Crippen molar-refractivity contribution in [3.8, 4) is 0 Å². The molecule has 0 unspecified atom stereocenters. The first kappa shape index (κ1) is 15.1. The molecule has 0 aromatic heterocycles. The van der Waals surface area contributed by atoms with Crippen molar-refractivity contribution < 1.29 is 19.1 Å². The molecule has 1 aromatic carbocycles. The number of carboxylic acid groups (broad SMARTS) is 1. The molecule has 0 heterocycles. The lowest BCUT2D eigenvalue weighted by molar-refractivity contribution is -0.149. The highest BCUT2D eigenvalue weighted by atomic mass is 19.1. The molecule has 0 aliphatic rings. The van der Waals surface area contributed by atoms with Gasteiger partial charge in [0, 0.05) is 12.0 Å². The van der Waals surface area contributed by atoms with Gasteiger partial charge in [0.15, 0.2) is 0 Å². The maximum atomic E-state index is 13.5. The van der Waals surface area contributed by atoms with Gasteiger partial charge in [0.2, 0.25) is 5.91 Å². The summed E-state index contributed by atoms with van der Waals surface area (Å²) in [7, 11) is 0. The molecule has 0 saturated carbocycles. The van der Waals surface area contributed by atoms with Gasteiger partial charge in [0.25, 0.3) is 0 Å². The second-order valence-electron chi connectivity index (χ2n) is 5.18. The lowest BCUT2D eigenvalue weighted by Gasteiger charge is -2.21. The molecule has 1 amide bonds. The van der Waals surface area contributed by atoms with Crippen LogP contribution in [0.15, 0.2) is 24.3 Å². The van der Waals surface area contributed by atoms with E-state index in [1.807, 2.05) is 0 Å². The van der Waals surface area contributed by atoms with E-state index in [9.17, 15) is 14.0 Å². The quantitative estimate of drug-likeness (QED) is 0.861. The van der Waals surface area contributed by atoms with Crippen molar-refractivity contribution in [2.45, 2.75) is 33.2 Å². The van der Waals surface area contributed by atoms with Crippen LogP contribution in [0.3, 0.4) is 0 Å². The summed E-state index contributed by atoms with van der Waals surface area (Å²) in [5, 5.41) is 11.6. The van der Waals surface area contributed by atoms with Crippen molar-refractivity contribution in [3.63, 3.8) is 0 Å². The number of carbonyl (C=O) groups is 2. The SMILES string of the molecule is C[C@H](NC(=O)CC(C)(C)C(=O)O)c1ccccc1F. The second-order valence-corrected chi connectivity index (χ2v) is 5.18. The van der Waals surface area contributed by atoms with Gasteiger partial charge in [-0.25, -0.2) is 4.39 Å². The van der Waals surface area contributed by atoms with Crippen molar-refractivity contribution in [1.29, 1.82) is 0 Å². The fourth-order valence-corrected chi connectivity index (χ4v) is 1.67. The van der Waals surface area contributed by atoms with E-state index in [4.69, 9.17) is 5.11 Å². The zero-order chi connectivity index (χ0) is 14.6. The molecule has 0 spiro atoms. The largest absolute Gasteiger partial charge is 0.481 e. The third-order valence-electron chi connectivity index (χ3n) is 2.93. The summed E-state index contributed by atoms with van der Waals surface area (Å²) < 4.78 is 13.5. The molecule has 4 nitrogen and oxygen atoms in total. The van der Waals surface area contributed by atoms with Gasteiger partial charge in [0.05, 0.1) is 11.5 Å². The minimum Gasteiger partial charge on any atom is -0.481 e. The monoisotopic (exact) mass is 267 g/mol. The summed E-state index contributed by atoms with van der Waals surface area (Å²) in [6.45, 7) is 4.61. The molecule has 0 fully saturated rings. The Bertz CT molecular complexity index is 485. The maximum absolute atomic E-state index is 13.5. The fourth-order valence-electron chi connectivity index (χ4n) is 1.67. The number of benzene rings is 1. The molecule has 0 saturated heterocycles. The van der Waals surface area contributed by atoms with E-state index in [1.54, 1.807) is 25.1 Å². The van der Waals surface area contributed by atoms with E-state index in [0.29, 0.717) is 5.56 Å². The lowest BCUT2D eigenvalue weighted by Crippen LogP contribution is -2.34. The number of nitrogens with one attached hydrogen (secondary N) is 1. The van der Waals surface area contributed by atoms with Crippen molar-refractivity contribution >= 4 is 11.9 Å². The topological polar surface area (TPSA) is 66.4 Å². The van der Waals surface area contributed by atoms with E-state index in [2.05, 4.69) is 5.32 Å². The zero-order valence-corrected chi connectivity index (χ0v) is 11.2. The van der Waals surface area contributed by atoms with E-state index in [1.165, 1.54) is 19.9 Å². The van der Waals surface area contributed by atoms with E-state index < -0.39 is 29.2 Å². The number of carboxylic acids is 1. The summed E-state index contributed by atoms with van der Waals surface area (Å²) in [4.78, 5) is 22.7. The molecule has 1 aromatic rings. The third kappa shape index (κ3) is 4.05. The average Bonchev–Trinajstić information content (AvgIpc) is 2.28. The van der Waals surface area contributed by atoms with Gasteiger partial charge in [-0.15, -0.1) is 0 Å². The van der Waals surface area contributed by atoms with Crippen molar-refractivity contribution in [2.75, 3.05) is 0 Å². The van der Waals surface area contributed by atoms with Crippen LogP contribution in [0.5, 0.6) is 0 Å². The summed E-state index contributed by atoms with van der Waals surface area (Å²) in [5.41, 5.74) is -0.761. The summed E-state index contributed by atoms with van der Waals surface area (Å²) in [5.74, 6) is -1.85. The molecule has 1 atom stereocenters. The maximum Gasteiger partial charge on any atom is 0.309 e. The number of carbonyl (C=O) groups excluding carboxylic acids is 1. The molecular weight excluding hydrogens is 249 g/mol. The van der Waals surface area contributed by atoms with Crippen LogP contribution in [-0.4, -0.2) is 17.0 Å². The van der Waals surface area contributed by atoms with Gasteiger partial charge in [-0.2, -0.15) is 0 Å². The molecule has 0 bridgehead atoms. The van der Waals surface area contributed by atoms with Gasteiger partial charge in [-0.3, -0.25) is 9.59 Å². The summed E-state index contributed by atoms with van der Waals surface area (Å²) >= 11 is 0.